The highest BCUT2D eigenvalue weighted by atomic mass is 32.1. The number of rotatable bonds is 5. The Morgan fingerprint density at radius 3 is 2.72 bits per heavy atom. The Hall–Kier alpha value is -2.44. The Morgan fingerprint density at radius 2 is 2.00 bits per heavy atom. The molecule has 0 radical (unpaired) electrons. The maximum atomic E-state index is 12.8. The van der Waals surface area contributed by atoms with Crippen molar-refractivity contribution in [3.63, 3.8) is 0 Å². The summed E-state index contributed by atoms with van der Waals surface area (Å²) < 4.78 is 5.81. The van der Waals surface area contributed by atoms with Gasteiger partial charge in [0.2, 0.25) is 0 Å². The van der Waals surface area contributed by atoms with Crippen molar-refractivity contribution in [3.05, 3.63) is 67.7 Å². The summed E-state index contributed by atoms with van der Waals surface area (Å²) in [6.45, 7) is 6.41. The highest BCUT2D eigenvalue weighted by molar-refractivity contribution is 7.10. The summed E-state index contributed by atoms with van der Waals surface area (Å²) in [5.74, 6) is -0.280. The topological polar surface area (TPSA) is 62.6 Å². The van der Waals surface area contributed by atoms with E-state index in [1.165, 1.54) is 30.2 Å². The Labute approximate surface area is 174 Å². The van der Waals surface area contributed by atoms with E-state index in [4.69, 9.17) is 4.42 Å². The Balaban J connectivity index is 1.56. The zero-order valence-corrected chi connectivity index (χ0v) is 17.7. The van der Waals surface area contributed by atoms with Gasteiger partial charge in [-0.15, -0.1) is 11.3 Å². The van der Waals surface area contributed by atoms with Crippen molar-refractivity contribution in [2.75, 3.05) is 19.6 Å². The van der Waals surface area contributed by atoms with E-state index in [9.17, 15) is 9.59 Å². The zero-order valence-electron chi connectivity index (χ0n) is 16.9. The van der Waals surface area contributed by atoms with Gasteiger partial charge in [-0.1, -0.05) is 18.6 Å². The van der Waals surface area contributed by atoms with Gasteiger partial charge in [0.25, 0.3) is 5.91 Å². The molecule has 1 fully saturated rings. The molecule has 5 nitrogen and oxygen atoms in total. The average Bonchev–Trinajstić information content (AvgIpc) is 3.22. The van der Waals surface area contributed by atoms with Crippen molar-refractivity contribution in [2.45, 2.75) is 39.2 Å². The minimum atomic E-state index is -0.346. The Kier molecular flexibility index (Phi) is 5.83. The van der Waals surface area contributed by atoms with E-state index < -0.39 is 0 Å². The zero-order chi connectivity index (χ0) is 20.4. The first-order valence-corrected chi connectivity index (χ1v) is 11.0. The number of carbonyl (C=O) groups is 1. The highest BCUT2D eigenvalue weighted by Crippen LogP contribution is 2.27. The molecule has 1 amide bonds. The third-order valence-corrected chi connectivity index (χ3v) is 6.53. The van der Waals surface area contributed by atoms with Crippen LogP contribution in [0.5, 0.6) is 0 Å². The number of nitrogens with zero attached hydrogens (tertiary/aromatic N) is 1. The van der Waals surface area contributed by atoms with E-state index in [1.807, 2.05) is 32.0 Å². The molecule has 152 valence electrons. The fourth-order valence-corrected chi connectivity index (χ4v) is 5.03. The molecule has 29 heavy (non-hydrogen) atoms. The quantitative estimate of drug-likeness (QED) is 0.676. The second kappa shape index (κ2) is 8.51. The first-order valence-electron chi connectivity index (χ1n) is 10.1. The molecule has 4 rings (SSSR count). The molecule has 0 spiro atoms. The number of aryl methyl sites for hydroxylation is 2. The van der Waals surface area contributed by atoms with E-state index in [2.05, 4.69) is 21.7 Å². The second-order valence-electron chi connectivity index (χ2n) is 7.77. The van der Waals surface area contributed by atoms with Gasteiger partial charge in [-0.25, -0.2) is 0 Å². The van der Waals surface area contributed by atoms with Gasteiger partial charge in [-0.3, -0.25) is 14.5 Å². The van der Waals surface area contributed by atoms with Gasteiger partial charge in [0, 0.05) is 17.5 Å². The minimum absolute atomic E-state index is 0.0658. The number of likely N-dealkylation sites (tertiary alicyclic amines) is 1. The van der Waals surface area contributed by atoms with Crippen LogP contribution in [0.2, 0.25) is 0 Å². The molecule has 1 atom stereocenters. The first-order chi connectivity index (χ1) is 14.0. The molecule has 1 N–H and O–H groups in total. The fourth-order valence-electron chi connectivity index (χ4n) is 4.17. The summed E-state index contributed by atoms with van der Waals surface area (Å²) in [4.78, 5) is 29.1. The lowest BCUT2D eigenvalue weighted by atomic mass is 10.1. The van der Waals surface area contributed by atoms with Crippen LogP contribution in [-0.2, 0) is 0 Å². The summed E-state index contributed by atoms with van der Waals surface area (Å²) in [7, 11) is 0. The molecule has 1 aliphatic heterocycles. The van der Waals surface area contributed by atoms with Gasteiger partial charge in [0.1, 0.15) is 5.58 Å². The number of hydrogen-bond acceptors (Lipinski definition) is 5. The molecule has 0 bridgehead atoms. The molecule has 3 aromatic rings. The normalized spacial score (nSPS) is 16.1. The van der Waals surface area contributed by atoms with Crippen molar-refractivity contribution >= 4 is 28.2 Å². The third kappa shape index (κ3) is 4.28. The van der Waals surface area contributed by atoms with Gasteiger partial charge < -0.3 is 9.73 Å². The molecule has 1 aromatic carbocycles. The first kappa shape index (κ1) is 19.9. The molecular weight excluding hydrogens is 384 g/mol. The van der Waals surface area contributed by atoms with Crippen molar-refractivity contribution in [3.8, 4) is 0 Å². The monoisotopic (exact) mass is 410 g/mol. The average molecular weight is 411 g/mol. The number of carbonyl (C=O) groups excluding carboxylic acids is 1. The van der Waals surface area contributed by atoms with E-state index in [0.29, 0.717) is 17.5 Å². The van der Waals surface area contributed by atoms with Crippen LogP contribution >= 0.6 is 11.3 Å². The Bertz CT molecular complexity index is 1070. The number of hydrogen-bond donors (Lipinski definition) is 1. The number of amides is 1. The van der Waals surface area contributed by atoms with E-state index in [0.717, 1.165) is 24.2 Å². The van der Waals surface area contributed by atoms with Gasteiger partial charge in [-0.05, 0) is 68.4 Å². The molecule has 1 saturated heterocycles. The Morgan fingerprint density at radius 1 is 1.21 bits per heavy atom. The van der Waals surface area contributed by atoms with Gasteiger partial charge in [0.05, 0.1) is 11.4 Å². The molecule has 0 saturated carbocycles. The van der Waals surface area contributed by atoms with Gasteiger partial charge in [0.15, 0.2) is 11.2 Å². The molecular formula is C23H26N2O3S. The molecule has 1 aliphatic rings. The predicted molar refractivity (Wildman–Crippen MR) is 117 cm³/mol. The predicted octanol–water partition coefficient (Wildman–Crippen LogP) is 4.43. The van der Waals surface area contributed by atoms with Crippen LogP contribution in [0.15, 0.2) is 44.9 Å². The van der Waals surface area contributed by atoms with Crippen LogP contribution in [0.3, 0.4) is 0 Å². The lowest BCUT2D eigenvalue weighted by Gasteiger charge is -2.34. The largest absolute Gasteiger partial charge is 0.451 e. The number of piperidine rings is 1. The minimum Gasteiger partial charge on any atom is -0.451 e. The van der Waals surface area contributed by atoms with Crippen LogP contribution in [0.4, 0.5) is 0 Å². The third-order valence-electron chi connectivity index (χ3n) is 5.55. The smallest absolute Gasteiger partial charge is 0.287 e. The number of benzene rings is 1. The number of thiophene rings is 1. The second-order valence-corrected chi connectivity index (χ2v) is 8.75. The molecule has 0 aliphatic carbocycles. The van der Waals surface area contributed by atoms with Gasteiger partial charge in [-0.2, -0.15) is 0 Å². The van der Waals surface area contributed by atoms with Crippen molar-refractivity contribution < 1.29 is 9.21 Å². The lowest BCUT2D eigenvalue weighted by Crippen LogP contribution is -2.40. The van der Waals surface area contributed by atoms with E-state index in [-0.39, 0.29) is 23.1 Å². The van der Waals surface area contributed by atoms with Crippen LogP contribution in [-0.4, -0.2) is 30.4 Å². The fraction of sp³-hybridized carbons (Fsp3) is 0.391. The standard InChI is InChI=1S/C23H26N2O3S/c1-15-11-16(2)22-18(26)13-20(28-19(22)12-15)23(27)24-14-17(21-7-6-10-29-21)25-8-4-3-5-9-25/h6-7,10-13,17H,3-5,8-9,14H2,1-2H3,(H,24,27). The van der Waals surface area contributed by atoms with Crippen molar-refractivity contribution in [1.29, 1.82) is 0 Å². The summed E-state index contributed by atoms with van der Waals surface area (Å²) in [5.41, 5.74) is 2.15. The summed E-state index contributed by atoms with van der Waals surface area (Å²) in [6, 6.07) is 9.38. The summed E-state index contributed by atoms with van der Waals surface area (Å²) in [6.07, 6.45) is 3.64. The molecule has 6 heteroatoms. The van der Waals surface area contributed by atoms with Crippen LogP contribution in [0.1, 0.15) is 51.9 Å². The maximum absolute atomic E-state index is 12.8. The van der Waals surface area contributed by atoms with Crippen LogP contribution < -0.4 is 10.7 Å². The highest BCUT2D eigenvalue weighted by Gasteiger charge is 2.24. The number of fused-ring (bicyclic) bond motifs is 1. The maximum Gasteiger partial charge on any atom is 0.287 e. The lowest BCUT2D eigenvalue weighted by molar-refractivity contribution is 0.0899. The van der Waals surface area contributed by atoms with Gasteiger partial charge >= 0.3 is 0 Å². The van der Waals surface area contributed by atoms with Crippen molar-refractivity contribution in [2.24, 2.45) is 0 Å². The van der Waals surface area contributed by atoms with Crippen LogP contribution in [0.25, 0.3) is 11.0 Å². The number of nitrogens with one attached hydrogen (secondary N) is 1. The summed E-state index contributed by atoms with van der Waals surface area (Å²) >= 11 is 1.71. The van der Waals surface area contributed by atoms with Crippen LogP contribution in [0, 0.1) is 13.8 Å². The molecule has 2 aromatic heterocycles. The SMILES string of the molecule is Cc1cc(C)c2c(=O)cc(C(=O)NCC(c3cccs3)N3CCCCC3)oc2c1. The molecule has 1 unspecified atom stereocenters. The summed E-state index contributed by atoms with van der Waals surface area (Å²) in [5, 5.41) is 5.61. The van der Waals surface area contributed by atoms with E-state index in [1.54, 1.807) is 11.3 Å². The van der Waals surface area contributed by atoms with Crippen molar-refractivity contribution in [1.82, 2.24) is 10.2 Å². The molecule has 3 heterocycles. The van der Waals surface area contributed by atoms with E-state index >= 15 is 0 Å².